The number of aromatic nitrogens is 2. The number of hydrogen-bond donors (Lipinski definition) is 1. The Morgan fingerprint density at radius 2 is 2.10 bits per heavy atom. The fraction of sp³-hybridized carbons (Fsp3) is 0.467. The van der Waals surface area contributed by atoms with Gasteiger partial charge in [0.25, 0.3) is 0 Å². The highest BCUT2D eigenvalue weighted by atomic mass is 32.1. The first-order valence-electron chi connectivity index (χ1n) is 6.73. The molecule has 0 saturated carbocycles. The van der Waals surface area contributed by atoms with Gasteiger partial charge in [-0.15, -0.1) is 5.10 Å². The maximum atomic E-state index is 10.7. The molecular weight excluding hydrogens is 272 g/mol. The average molecular weight is 292 g/mol. The van der Waals surface area contributed by atoms with Crippen molar-refractivity contribution in [2.75, 3.05) is 7.11 Å². The molecule has 0 amide bonds. The number of hydrogen-bond acceptors (Lipinski definition) is 5. The van der Waals surface area contributed by atoms with Crippen molar-refractivity contribution in [3.05, 3.63) is 39.4 Å². The molecule has 0 bridgehead atoms. The highest BCUT2D eigenvalue weighted by Crippen LogP contribution is 2.36. The van der Waals surface area contributed by atoms with Crippen LogP contribution in [-0.2, 0) is 6.42 Å². The molecule has 0 aliphatic carbocycles. The van der Waals surface area contributed by atoms with Crippen molar-refractivity contribution in [1.29, 1.82) is 0 Å². The van der Waals surface area contributed by atoms with Gasteiger partial charge in [0.2, 0.25) is 0 Å². The van der Waals surface area contributed by atoms with Gasteiger partial charge in [-0.1, -0.05) is 30.0 Å². The number of rotatable bonds is 5. The topological polar surface area (TPSA) is 55.2 Å². The highest BCUT2D eigenvalue weighted by molar-refractivity contribution is 7.05. The number of aliphatic hydroxyl groups is 1. The van der Waals surface area contributed by atoms with Gasteiger partial charge in [0.1, 0.15) is 11.9 Å². The summed E-state index contributed by atoms with van der Waals surface area (Å²) in [6.07, 6.45) is 1.08. The normalized spacial score (nSPS) is 12.4. The highest BCUT2D eigenvalue weighted by Gasteiger charge is 2.22. The van der Waals surface area contributed by atoms with Gasteiger partial charge in [-0.25, -0.2) is 0 Å². The number of benzene rings is 1. The molecule has 1 aromatic heterocycles. The summed E-state index contributed by atoms with van der Waals surface area (Å²) in [7, 11) is 1.63. The molecule has 1 aromatic carbocycles. The molecule has 0 saturated heterocycles. The lowest BCUT2D eigenvalue weighted by Crippen LogP contribution is -2.05. The first kappa shape index (κ1) is 14.9. The molecular formula is C15H20N2O2S. The Balaban J connectivity index is 2.45. The van der Waals surface area contributed by atoms with Gasteiger partial charge in [-0.05, 0) is 42.9 Å². The summed E-state index contributed by atoms with van der Waals surface area (Å²) in [5.74, 6) is 0.744. The first-order chi connectivity index (χ1) is 9.60. The zero-order valence-electron chi connectivity index (χ0n) is 12.3. The predicted molar refractivity (Wildman–Crippen MR) is 80.4 cm³/mol. The van der Waals surface area contributed by atoms with Crippen molar-refractivity contribution >= 4 is 11.5 Å². The number of methoxy groups -OCH3 is 1. The van der Waals surface area contributed by atoms with Crippen LogP contribution in [-0.4, -0.2) is 21.8 Å². The molecule has 1 N–H and O–H groups in total. The molecule has 2 aromatic rings. The molecule has 4 nitrogen and oxygen atoms in total. The van der Waals surface area contributed by atoms with Crippen LogP contribution in [0.25, 0.3) is 0 Å². The van der Waals surface area contributed by atoms with Crippen LogP contribution in [0, 0.1) is 13.8 Å². The maximum Gasteiger partial charge on any atom is 0.128 e. The monoisotopic (exact) mass is 292 g/mol. The van der Waals surface area contributed by atoms with Crippen LogP contribution < -0.4 is 4.74 Å². The Bertz CT molecular complexity index is 596. The minimum absolute atomic E-state index is 0.731. The van der Waals surface area contributed by atoms with E-state index in [1.54, 1.807) is 7.11 Å². The fourth-order valence-electron chi connectivity index (χ4n) is 2.27. The van der Waals surface area contributed by atoms with Gasteiger partial charge < -0.3 is 9.84 Å². The fourth-order valence-corrected chi connectivity index (χ4v) is 2.97. The summed E-state index contributed by atoms with van der Waals surface area (Å²) >= 11 is 1.26. The van der Waals surface area contributed by atoms with Crippen molar-refractivity contribution in [2.24, 2.45) is 0 Å². The standard InChI is InChI=1S/C15H20N2O2S/c1-5-6-12-15(20-17-16-12)13(18)11-8-7-9(2)10(3)14(11)19-4/h7-8,13,18H,5-6H2,1-4H3. The second kappa shape index (κ2) is 6.33. The van der Waals surface area contributed by atoms with E-state index in [0.29, 0.717) is 0 Å². The van der Waals surface area contributed by atoms with E-state index in [2.05, 4.69) is 16.5 Å². The largest absolute Gasteiger partial charge is 0.496 e. The van der Waals surface area contributed by atoms with Crippen molar-refractivity contribution in [2.45, 2.75) is 39.7 Å². The van der Waals surface area contributed by atoms with Crippen molar-refractivity contribution in [3.8, 4) is 5.75 Å². The predicted octanol–water partition coefficient (Wildman–Crippen LogP) is 3.20. The van der Waals surface area contributed by atoms with Crippen LogP contribution in [0.2, 0.25) is 0 Å². The van der Waals surface area contributed by atoms with Crippen molar-refractivity contribution in [3.63, 3.8) is 0 Å². The summed E-state index contributed by atoms with van der Waals surface area (Å²) in [5, 5.41) is 14.8. The summed E-state index contributed by atoms with van der Waals surface area (Å²) in [5.41, 5.74) is 3.86. The summed E-state index contributed by atoms with van der Waals surface area (Å²) in [6.45, 7) is 6.12. The van der Waals surface area contributed by atoms with E-state index < -0.39 is 6.10 Å². The van der Waals surface area contributed by atoms with Gasteiger partial charge in [0.05, 0.1) is 17.7 Å². The van der Waals surface area contributed by atoms with Gasteiger partial charge in [0, 0.05) is 5.56 Å². The maximum absolute atomic E-state index is 10.7. The van der Waals surface area contributed by atoms with Gasteiger partial charge >= 0.3 is 0 Å². The second-order valence-corrected chi connectivity index (χ2v) is 5.65. The Labute approximate surface area is 123 Å². The van der Waals surface area contributed by atoms with E-state index in [1.807, 2.05) is 26.0 Å². The van der Waals surface area contributed by atoms with Crippen LogP contribution in [0.1, 0.15) is 46.7 Å². The molecule has 0 aliphatic heterocycles. The lowest BCUT2D eigenvalue weighted by Gasteiger charge is -2.17. The minimum atomic E-state index is -0.731. The third-order valence-corrected chi connectivity index (χ3v) is 4.35. The molecule has 1 heterocycles. The number of aliphatic hydroxyl groups excluding tert-OH is 1. The van der Waals surface area contributed by atoms with E-state index in [4.69, 9.17) is 4.74 Å². The molecule has 0 aliphatic rings. The van der Waals surface area contributed by atoms with Crippen molar-refractivity contribution in [1.82, 2.24) is 9.59 Å². The Hall–Kier alpha value is -1.46. The lowest BCUT2D eigenvalue weighted by molar-refractivity contribution is 0.217. The third-order valence-electron chi connectivity index (χ3n) is 3.53. The number of aryl methyl sites for hydroxylation is 2. The van der Waals surface area contributed by atoms with Crippen LogP contribution >= 0.6 is 11.5 Å². The van der Waals surface area contributed by atoms with E-state index in [9.17, 15) is 5.11 Å². The molecule has 108 valence electrons. The molecule has 5 heteroatoms. The molecule has 1 unspecified atom stereocenters. The average Bonchev–Trinajstić information content (AvgIpc) is 2.89. The molecule has 0 radical (unpaired) electrons. The quantitative estimate of drug-likeness (QED) is 0.919. The van der Waals surface area contributed by atoms with Gasteiger partial charge in [-0.3, -0.25) is 0 Å². The van der Waals surface area contributed by atoms with Crippen LogP contribution in [0.5, 0.6) is 5.75 Å². The minimum Gasteiger partial charge on any atom is -0.496 e. The molecule has 0 fully saturated rings. The molecule has 1 atom stereocenters. The van der Waals surface area contributed by atoms with Gasteiger partial charge in [-0.2, -0.15) is 0 Å². The van der Waals surface area contributed by atoms with Gasteiger partial charge in [0.15, 0.2) is 0 Å². The Morgan fingerprint density at radius 3 is 2.75 bits per heavy atom. The molecule has 0 spiro atoms. The van der Waals surface area contributed by atoms with Crippen molar-refractivity contribution < 1.29 is 9.84 Å². The van der Waals surface area contributed by atoms with E-state index >= 15 is 0 Å². The number of nitrogens with zero attached hydrogens (tertiary/aromatic N) is 2. The number of ether oxygens (including phenoxy) is 1. The second-order valence-electron chi connectivity index (χ2n) is 4.87. The summed E-state index contributed by atoms with van der Waals surface area (Å²) in [6, 6.07) is 3.92. The third kappa shape index (κ3) is 2.69. The van der Waals surface area contributed by atoms with Crippen LogP contribution in [0.3, 0.4) is 0 Å². The van der Waals surface area contributed by atoms with Crippen LogP contribution in [0.4, 0.5) is 0 Å². The SMILES string of the molecule is CCCc1nnsc1C(O)c1ccc(C)c(C)c1OC. The van der Waals surface area contributed by atoms with Crippen LogP contribution in [0.15, 0.2) is 12.1 Å². The summed E-state index contributed by atoms with van der Waals surface area (Å²) < 4.78 is 9.45. The Morgan fingerprint density at radius 1 is 1.35 bits per heavy atom. The summed E-state index contributed by atoms with van der Waals surface area (Å²) in [4.78, 5) is 0.813. The smallest absolute Gasteiger partial charge is 0.128 e. The molecule has 20 heavy (non-hydrogen) atoms. The Kier molecular flexibility index (Phi) is 4.73. The zero-order valence-corrected chi connectivity index (χ0v) is 13.1. The zero-order chi connectivity index (χ0) is 14.7. The first-order valence-corrected chi connectivity index (χ1v) is 7.50. The van der Waals surface area contributed by atoms with E-state index in [1.165, 1.54) is 11.5 Å². The van der Waals surface area contributed by atoms with E-state index in [-0.39, 0.29) is 0 Å². The van der Waals surface area contributed by atoms with E-state index in [0.717, 1.165) is 45.9 Å². The lowest BCUT2D eigenvalue weighted by atomic mass is 9.99. The molecule has 2 rings (SSSR count).